The minimum atomic E-state index is -0.495. The van der Waals surface area contributed by atoms with Crippen molar-refractivity contribution in [2.75, 3.05) is 17.3 Å². The SMILES string of the molecule is NNc1cccc(NC2(CO)CC2)c1[N+](=O)[O-]. The number of nitro groups is 1. The number of aliphatic hydroxyl groups is 1. The third kappa shape index (κ3) is 2.15. The maximum absolute atomic E-state index is 11.0. The van der Waals surface area contributed by atoms with E-state index in [0.717, 1.165) is 12.8 Å². The van der Waals surface area contributed by atoms with Gasteiger partial charge in [-0.1, -0.05) is 6.07 Å². The summed E-state index contributed by atoms with van der Waals surface area (Å²) in [6, 6.07) is 4.80. The molecule has 1 fully saturated rings. The third-order valence-corrected chi connectivity index (χ3v) is 2.93. The van der Waals surface area contributed by atoms with E-state index in [1.807, 2.05) is 0 Å². The molecule has 0 saturated heterocycles. The Hall–Kier alpha value is -1.86. The molecule has 0 radical (unpaired) electrons. The van der Waals surface area contributed by atoms with Gasteiger partial charge in [0.1, 0.15) is 11.4 Å². The number of nitrogens with two attached hydrogens (primary N) is 1. The summed E-state index contributed by atoms with van der Waals surface area (Å²) in [5, 5.41) is 23.2. The standard InChI is InChI=1S/C10H14N4O3/c11-13-8-3-1-2-7(9(8)14(16)17)12-10(6-15)4-5-10/h1-3,12-13,15H,4-6,11H2. The maximum Gasteiger partial charge on any atom is 0.316 e. The van der Waals surface area contributed by atoms with Gasteiger partial charge >= 0.3 is 5.69 Å². The lowest BCUT2D eigenvalue weighted by atomic mass is 10.2. The molecule has 1 aliphatic carbocycles. The molecule has 0 amide bonds. The summed E-state index contributed by atoms with van der Waals surface area (Å²) in [6.07, 6.45) is 1.61. The zero-order valence-electron chi connectivity index (χ0n) is 9.14. The molecule has 0 heterocycles. The maximum atomic E-state index is 11.0. The van der Waals surface area contributed by atoms with Gasteiger partial charge in [0.25, 0.3) is 0 Å². The molecule has 17 heavy (non-hydrogen) atoms. The lowest BCUT2D eigenvalue weighted by molar-refractivity contribution is -0.383. The first-order valence-electron chi connectivity index (χ1n) is 5.25. The smallest absolute Gasteiger partial charge is 0.316 e. The van der Waals surface area contributed by atoms with Crippen LogP contribution in [0.1, 0.15) is 12.8 Å². The number of nitro benzene ring substituents is 1. The fraction of sp³-hybridized carbons (Fsp3) is 0.400. The fourth-order valence-electron chi connectivity index (χ4n) is 1.72. The quantitative estimate of drug-likeness (QED) is 0.343. The zero-order chi connectivity index (χ0) is 12.5. The van der Waals surface area contributed by atoms with Crippen molar-refractivity contribution < 1.29 is 10.0 Å². The summed E-state index contributed by atoms with van der Waals surface area (Å²) in [7, 11) is 0. The van der Waals surface area contributed by atoms with Crippen molar-refractivity contribution in [2.45, 2.75) is 18.4 Å². The van der Waals surface area contributed by atoms with E-state index < -0.39 is 10.5 Å². The summed E-state index contributed by atoms with van der Waals surface area (Å²) >= 11 is 0. The number of rotatable bonds is 5. The number of anilines is 2. The number of hydrogen-bond acceptors (Lipinski definition) is 6. The van der Waals surface area contributed by atoms with Gasteiger partial charge in [0.2, 0.25) is 0 Å². The number of hydrazine groups is 1. The van der Waals surface area contributed by atoms with Crippen molar-refractivity contribution in [3.05, 3.63) is 28.3 Å². The largest absolute Gasteiger partial charge is 0.394 e. The molecule has 0 unspecified atom stereocenters. The number of benzene rings is 1. The minimum absolute atomic E-state index is 0.0373. The second kappa shape index (κ2) is 4.19. The van der Waals surface area contributed by atoms with Crippen LogP contribution < -0.4 is 16.6 Å². The average Bonchev–Trinajstić information content (AvgIpc) is 3.08. The fourth-order valence-corrected chi connectivity index (χ4v) is 1.72. The number of nitrogens with one attached hydrogen (secondary N) is 2. The highest BCUT2D eigenvalue weighted by atomic mass is 16.6. The van der Waals surface area contributed by atoms with Crippen molar-refractivity contribution in [1.29, 1.82) is 0 Å². The molecular weight excluding hydrogens is 224 g/mol. The Labute approximate surface area is 97.7 Å². The van der Waals surface area contributed by atoms with Crippen molar-refractivity contribution in [2.24, 2.45) is 5.84 Å². The van der Waals surface area contributed by atoms with Crippen molar-refractivity contribution in [3.63, 3.8) is 0 Å². The van der Waals surface area contributed by atoms with Crippen LogP contribution >= 0.6 is 0 Å². The highest BCUT2D eigenvalue weighted by Crippen LogP contribution is 2.42. The van der Waals surface area contributed by atoms with E-state index in [9.17, 15) is 15.2 Å². The van der Waals surface area contributed by atoms with Gasteiger partial charge in [-0.15, -0.1) is 0 Å². The van der Waals surface area contributed by atoms with Crippen LogP contribution in [0.15, 0.2) is 18.2 Å². The van der Waals surface area contributed by atoms with E-state index in [-0.39, 0.29) is 18.0 Å². The Morgan fingerprint density at radius 2 is 2.12 bits per heavy atom. The number of aliphatic hydroxyl groups excluding tert-OH is 1. The first kappa shape index (κ1) is 11.6. The molecule has 0 bridgehead atoms. The lowest BCUT2D eigenvalue weighted by Crippen LogP contribution is -2.26. The lowest BCUT2D eigenvalue weighted by Gasteiger charge is -2.16. The predicted molar refractivity (Wildman–Crippen MR) is 63.6 cm³/mol. The van der Waals surface area contributed by atoms with Gasteiger partial charge in [0.15, 0.2) is 0 Å². The normalized spacial score (nSPS) is 16.4. The molecule has 1 aromatic carbocycles. The van der Waals surface area contributed by atoms with Gasteiger partial charge in [0.05, 0.1) is 17.1 Å². The summed E-state index contributed by atoms with van der Waals surface area (Å²) < 4.78 is 0. The molecule has 7 heteroatoms. The summed E-state index contributed by atoms with van der Waals surface area (Å²) in [5.41, 5.74) is 2.41. The van der Waals surface area contributed by atoms with Crippen LogP contribution in [0.5, 0.6) is 0 Å². The van der Waals surface area contributed by atoms with Crippen molar-refractivity contribution in [1.82, 2.24) is 0 Å². The molecule has 0 aromatic heterocycles. The molecule has 1 aromatic rings. The second-order valence-electron chi connectivity index (χ2n) is 4.17. The topological polar surface area (TPSA) is 113 Å². The molecule has 1 aliphatic rings. The van der Waals surface area contributed by atoms with Crippen LogP contribution in [-0.4, -0.2) is 22.2 Å². The Kier molecular flexibility index (Phi) is 2.86. The van der Waals surface area contributed by atoms with Gasteiger partial charge in [-0.2, -0.15) is 0 Å². The van der Waals surface area contributed by atoms with E-state index in [0.29, 0.717) is 5.69 Å². The predicted octanol–water partition coefficient (Wildman–Crippen LogP) is 0.817. The molecule has 92 valence electrons. The van der Waals surface area contributed by atoms with Crippen LogP contribution in [0.2, 0.25) is 0 Å². The van der Waals surface area contributed by atoms with E-state index in [2.05, 4.69) is 10.7 Å². The van der Waals surface area contributed by atoms with Crippen LogP contribution in [0, 0.1) is 10.1 Å². The molecule has 0 aliphatic heterocycles. The zero-order valence-corrected chi connectivity index (χ0v) is 9.14. The minimum Gasteiger partial charge on any atom is -0.394 e. The van der Waals surface area contributed by atoms with Gasteiger partial charge in [-0.05, 0) is 25.0 Å². The van der Waals surface area contributed by atoms with Gasteiger partial charge in [-0.3, -0.25) is 16.0 Å². The highest BCUT2D eigenvalue weighted by Gasteiger charge is 2.43. The molecule has 2 rings (SSSR count). The molecule has 0 atom stereocenters. The average molecular weight is 238 g/mol. The van der Waals surface area contributed by atoms with Crippen molar-refractivity contribution >= 4 is 17.1 Å². The first-order chi connectivity index (χ1) is 8.12. The summed E-state index contributed by atoms with van der Waals surface area (Å²) in [6.45, 7) is -0.0373. The highest BCUT2D eigenvalue weighted by molar-refractivity contribution is 5.76. The molecule has 7 nitrogen and oxygen atoms in total. The summed E-state index contributed by atoms with van der Waals surface area (Å²) in [5.74, 6) is 5.24. The van der Waals surface area contributed by atoms with Gasteiger partial charge < -0.3 is 15.8 Å². The monoisotopic (exact) mass is 238 g/mol. The Balaban J connectivity index is 2.36. The summed E-state index contributed by atoms with van der Waals surface area (Å²) in [4.78, 5) is 10.5. The van der Waals surface area contributed by atoms with Crippen LogP contribution in [0.4, 0.5) is 17.1 Å². The van der Waals surface area contributed by atoms with Gasteiger partial charge in [-0.25, -0.2) is 0 Å². The Morgan fingerprint density at radius 1 is 1.47 bits per heavy atom. The van der Waals surface area contributed by atoms with Crippen LogP contribution in [0.3, 0.4) is 0 Å². The van der Waals surface area contributed by atoms with E-state index >= 15 is 0 Å². The number of nitrogen functional groups attached to an aromatic ring is 1. The van der Waals surface area contributed by atoms with Gasteiger partial charge in [0, 0.05) is 0 Å². The first-order valence-corrected chi connectivity index (χ1v) is 5.25. The Bertz CT molecular complexity index is 445. The van der Waals surface area contributed by atoms with Crippen LogP contribution in [-0.2, 0) is 0 Å². The molecule has 1 saturated carbocycles. The number of nitrogens with zero attached hydrogens (tertiary/aromatic N) is 1. The third-order valence-electron chi connectivity index (χ3n) is 2.93. The van der Waals surface area contributed by atoms with E-state index in [4.69, 9.17) is 5.84 Å². The number of para-hydroxylation sites is 1. The molecule has 0 spiro atoms. The van der Waals surface area contributed by atoms with Crippen molar-refractivity contribution in [3.8, 4) is 0 Å². The molecule has 5 N–H and O–H groups in total. The second-order valence-corrected chi connectivity index (χ2v) is 4.17. The van der Waals surface area contributed by atoms with E-state index in [1.54, 1.807) is 12.1 Å². The van der Waals surface area contributed by atoms with Crippen LogP contribution in [0.25, 0.3) is 0 Å². The molecular formula is C10H14N4O3. The Morgan fingerprint density at radius 3 is 2.59 bits per heavy atom. The number of hydrogen-bond donors (Lipinski definition) is 4. The van der Waals surface area contributed by atoms with E-state index in [1.165, 1.54) is 6.07 Å².